The first-order valence-corrected chi connectivity index (χ1v) is 6.59. The Balaban J connectivity index is 2.64. The standard InChI is InChI=1S/C13H14BrNO4/c1-7(16)15-11-9(19-2)4-3-8(14)10(11)13(5-6-13)12(17)18/h3-4H,5-6H2,1-2H3,(H,15,16)(H,17,18). The van der Waals surface area contributed by atoms with E-state index in [1.807, 2.05) is 0 Å². The molecule has 1 aliphatic rings. The number of methoxy groups -OCH3 is 1. The van der Waals surface area contributed by atoms with Gasteiger partial charge in [-0.3, -0.25) is 9.59 Å². The maximum Gasteiger partial charge on any atom is 0.314 e. The average molecular weight is 328 g/mol. The summed E-state index contributed by atoms with van der Waals surface area (Å²) < 4.78 is 5.88. The number of anilines is 1. The molecule has 0 radical (unpaired) electrons. The van der Waals surface area contributed by atoms with Crippen LogP contribution in [-0.4, -0.2) is 24.1 Å². The molecule has 0 aromatic heterocycles. The van der Waals surface area contributed by atoms with Crippen LogP contribution in [0.2, 0.25) is 0 Å². The van der Waals surface area contributed by atoms with E-state index in [4.69, 9.17) is 4.74 Å². The normalized spacial score (nSPS) is 15.7. The van der Waals surface area contributed by atoms with E-state index in [0.29, 0.717) is 34.3 Å². The third-order valence-corrected chi connectivity index (χ3v) is 3.94. The number of carboxylic acids is 1. The number of rotatable bonds is 4. The molecule has 0 bridgehead atoms. The van der Waals surface area contributed by atoms with Gasteiger partial charge < -0.3 is 15.2 Å². The van der Waals surface area contributed by atoms with Gasteiger partial charge >= 0.3 is 5.97 Å². The Hall–Kier alpha value is -1.56. The maximum atomic E-state index is 11.5. The van der Waals surface area contributed by atoms with E-state index in [1.54, 1.807) is 12.1 Å². The topological polar surface area (TPSA) is 75.6 Å². The van der Waals surface area contributed by atoms with E-state index in [-0.39, 0.29) is 5.91 Å². The molecular weight excluding hydrogens is 314 g/mol. The molecule has 0 spiro atoms. The molecule has 0 atom stereocenters. The summed E-state index contributed by atoms with van der Waals surface area (Å²) in [4.78, 5) is 22.8. The van der Waals surface area contributed by atoms with Gasteiger partial charge in [-0.1, -0.05) is 15.9 Å². The van der Waals surface area contributed by atoms with Crippen LogP contribution >= 0.6 is 15.9 Å². The van der Waals surface area contributed by atoms with E-state index in [9.17, 15) is 14.7 Å². The highest BCUT2D eigenvalue weighted by Gasteiger charge is 2.54. The molecule has 19 heavy (non-hydrogen) atoms. The lowest BCUT2D eigenvalue weighted by atomic mass is 9.93. The van der Waals surface area contributed by atoms with Gasteiger partial charge in [-0.2, -0.15) is 0 Å². The molecule has 1 amide bonds. The number of benzene rings is 1. The van der Waals surface area contributed by atoms with Crippen LogP contribution in [0.5, 0.6) is 5.75 Å². The summed E-state index contributed by atoms with van der Waals surface area (Å²) in [5.41, 5.74) is 0.0874. The summed E-state index contributed by atoms with van der Waals surface area (Å²) in [6, 6.07) is 3.43. The molecular formula is C13H14BrNO4. The minimum atomic E-state index is -0.925. The van der Waals surface area contributed by atoms with Gasteiger partial charge in [-0.25, -0.2) is 0 Å². The number of aliphatic carboxylic acids is 1. The maximum absolute atomic E-state index is 11.5. The molecule has 0 unspecified atom stereocenters. The van der Waals surface area contributed by atoms with Crippen LogP contribution in [0.25, 0.3) is 0 Å². The molecule has 2 rings (SSSR count). The van der Waals surface area contributed by atoms with Gasteiger partial charge in [-0.05, 0) is 25.0 Å². The minimum absolute atomic E-state index is 0.265. The number of ether oxygens (including phenoxy) is 1. The van der Waals surface area contributed by atoms with Crippen molar-refractivity contribution >= 4 is 33.5 Å². The Morgan fingerprint density at radius 3 is 2.47 bits per heavy atom. The Morgan fingerprint density at radius 1 is 1.42 bits per heavy atom. The number of hydrogen-bond donors (Lipinski definition) is 2. The zero-order chi connectivity index (χ0) is 14.2. The van der Waals surface area contributed by atoms with Gasteiger partial charge in [-0.15, -0.1) is 0 Å². The largest absolute Gasteiger partial charge is 0.495 e. The van der Waals surface area contributed by atoms with Crippen LogP contribution in [0.1, 0.15) is 25.3 Å². The van der Waals surface area contributed by atoms with Crippen molar-refractivity contribution < 1.29 is 19.4 Å². The van der Waals surface area contributed by atoms with E-state index >= 15 is 0 Å². The summed E-state index contributed by atoms with van der Waals surface area (Å²) in [7, 11) is 1.48. The molecule has 1 saturated carbocycles. The van der Waals surface area contributed by atoms with Crippen molar-refractivity contribution in [3.63, 3.8) is 0 Å². The van der Waals surface area contributed by atoms with E-state index in [0.717, 1.165) is 0 Å². The molecule has 1 aliphatic carbocycles. The van der Waals surface area contributed by atoms with Gasteiger partial charge in [0.1, 0.15) is 5.75 Å². The second-order valence-corrected chi connectivity index (χ2v) is 5.42. The summed E-state index contributed by atoms with van der Waals surface area (Å²) in [6.07, 6.45) is 1.11. The summed E-state index contributed by atoms with van der Waals surface area (Å²) in [5.74, 6) is -0.687. The zero-order valence-corrected chi connectivity index (χ0v) is 12.2. The molecule has 1 fully saturated rings. The van der Waals surface area contributed by atoms with Crippen molar-refractivity contribution in [3.8, 4) is 5.75 Å². The molecule has 0 heterocycles. The van der Waals surface area contributed by atoms with Crippen LogP contribution in [0.4, 0.5) is 5.69 Å². The SMILES string of the molecule is COc1ccc(Br)c(C2(C(=O)O)CC2)c1NC(C)=O. The Labute approximate surface area is 119 Å². The molecule has 1 aromatic carbocycles. The van der Waals surface area contributed by atoms with Crippen molar-refractivity contribution in [3.05, 3.63) is 22.2 Å². The molecule has 102 valence electrons. The first-order chi connectivity index (χ1) is 8.92. The lowest BCUT2D eigenvalue weighted by Crippen LogP contribution is -2.23. The van der Waals surface area contributed by atoms with Crippen LogP contribution in [-0.2, 0) is 15.0 Å². The fourth-order valence-electron chi connectivity index (χ4n) is 2.19. The van der Waals surface area contributed by atoms with Crippen LogP contribution in [0.15, 0.2) is 16.6 Å². The Kier molecular flexibility index (Phi) is 3.54. The fourth-order valence-corrected chi connectivity index (χ4v) is 2.90. The number of carbonyl (C=O) groups excluding carboxylic acids is 1. The van der Waals surface area contributed by atoms with Crippen LogP contribution in [0.3, 0.4) is 0 Å². The molecule has 0 aliphatic heterocycles. The third-order valence-electron chi connectivity index (χ3n) is 3.28. The lowest BCUT2D eigenvalue weighted by Gasteiger charge is -2.20. The predicted molar refractivity (Wildman–Crippen MR) is 73.5 cm³/mol. The number of amides is 1. The highest BCUT2D eigenvalue weighted by Crippen LogP contribution is 2.55. The van der Waals surface area contributed by atoms with Gasteiger partial charge in [0.2, 0.25) is 5.91 Å². The number of hydrogen-bond acceptors (Lipinski definition) is 3. The summed E-state index contributed by atoms with van der Waals surface area (Å²) in [5, 5.41) is 12.1. The Morgan fingerprint density at radius 2 is 2.05 bits per heavy atom. The van der Waals surface area contributed by atoms with Gasteiger partial charge in [0.15, 0.2) is 0 Å². The summed E-state index contributed by atoms with van der Waals surface area (Å²) in [6.45, 7) is 1.38. The smallest absolute Gasteiger partial charge is 0.314 e. The number of nitrogens with one attached hydrogen (secondary N) is 1. The quantitative estimate of drug-likeness (QED) is 0.891. The molecule has 0 saturated heterocycles. The first kappa shape index (κ1) is 13.9. The van der Waals surface area contributed by atoms with E-state index in [2.05, 4.69) is 21.2 Å². The minimum Gasteiger partial charge on any atom is -0.495 e. The van der Waals surface area contributed by atoms with Crippen molar-refractivity contribution in [2.75, 3.05) is 12.4 Å². The van der Waals surface area contributed by atoms with Gasteiger partial charge in [0.25, 0.3) is 0 Å². The highest BCUT2D eigenvalue weighted by atomic mass is 79.9. The van der Waals surface area contributed by atoms with Crippen molar-refractivity contribution in [1.29, 1.82) is 0 Å². The van der Waals surface area contributed by atoms with E-state index in [1.165, 1.54) is 14.0 Å². The Bertz CT molecular complexity index is 552. The molecule has 2 N–H and O–H groups in total. The third kappa shape index (κ3) is 2.32. The van der Waals surface area contributed by atoms with Crippen LogP contribution < -0.4 is 10.1 Å². The second-order valence-electron chi connectivity index (χ2n) is 4.57. The fraction of sp³-hybridized carbons (Fsp3) is 0.385. The van der Waals surface area contributed by atoms with Crippen molar-refractivity contribution in [1.82, 2.24) is 0 Å². The van der Waals surface area contributed by atoms with Crippen molar-refractivity contribution in [2.45, 2.75) is 25.2 Å². The monoisotopic (exact) mass is 327 g/mol. The highest BCUT2D eigenvalue weighted by molar-refractivity contribution is 9.10. The predicted octanol–water partition coefficient (Wildman–Crippen LogP) is 2.53. The second kappa shape index (κ2) is 4.85. The van der Waals surface area contributed by atoms with E-state index < -0.39 is 11.4 Å². The first-order valence-electron chi connectivity index (χ1n) is 5.80. The molecule has 6 heteroatoms. The van der Waals surface area contributed by atoms with Gasteiger partial charge in [0.05, 0.1) is 18.2 Å². The summed E-state index contributed by atoms with van der Waals surface area (Å²) >= 11 is 3.37. The zero-order valence-electron chi connectivity index (χ0n) is 10.6. The van der Waals surface area contributed by atoms with Crippen LogP contribution in [0, 0.1) is 0 Å². The lowest BCUT2D eigenvalue weighted by molar-refractivity contribution is -0.140. The number of carboxylic acid groups (broad SMARTS) is 1. The number of halogens is 1. The van der Waals surface area contributed by atoms with Gasteiger partial charge in [0, 0.05) is 17.0 Å². The molecule has 5 nitrogen and oxygen atoms in total. The van der Waals surface area contributed by atoms with Crippen molar-refractivity contribution in [2.24, 2.45) is 0 Å². The average Bonchev–Trinajstić information content (AvgIpc) is 3.10. The number of carbonyl (C=O) groups is 2. The molecule has 1 aromatic rings.